The molecular weight excluding hydrogens is 256 g/mol. The van der Waals surface area contributed by atoms with Gasteiger partial charge in [0, 0.05) is 18.1 Å². The van der Waals surface area contributed by atoms with Gasteiger partial charge < -0.3 is 14.6 Å². The maximum absolute atomic E-state index is 11.1. The Hall–Kier alpha value is -1.26. The summed E-state index contributed by atoms with van der Waals surface area (Å²) in [5.74, 6) is -0.365. The third-order valence-electron chi connectivity index (χ3n) is 2.45. The number of benzene rings is 1. The maximum atomic E-state index is 11.1. The first-order valence-corrected chi connectivity index (χ1v) is 6.13. The van der Waals surface area contributed by atoms with Crippen LogP contribution in [0.1, 0.15) is 18.9 Å². The number of methoxy groups -OCH3 is 1. The molecule has 0 spiro atoms. The molecule has 18 heavy (non-hydrogen) atoms. The number of halogens is 1. The molecule has 1 aromatic carbocycles. The minimum Gasteiger partial charge on any atom is -0.496 e. The molecule has 0 bridgehead atoms. The van der Waals surface area contributed by atoms with Gasteiger partial charge in [-0.1, -0.05) is 18.5 Å². The zero-order valence-electron chi connectivity index (χ0n) is 10.5. The lowest BCUT2D eigenvalue weighted by Crippen LogP contribution is -2.27. The standard InChI is InChI=1S/C13H17ClO4/c1-3-6-18-12(13(15)16)8-9-7-10(14)4-5-11(9)17-2/h4-5,7,12H,3,6,8H2,1-2H3,(H,15,16)/t12-/m1/s1. The molecule has 0 aliphatic rings. The summed E-state index contributed by atoms with van der Waals surface area (Å²) in [5.41, 5.74) is 0.730. The molecule has 0 amide bonds. The van der Waals surface area contributed by atoms with Crippen LogP contribution in [0.4, 0.5) is 0 Å². The third kappa shape index (κ3) is 4.20. The van der Waals surface area contributed by atoms with Crippen LogP contribution in [0.25, 0.3) is 0 Å². The quantitative estimate of drug-likeness (QED) is 0.829. The summed E-state index contributed by atoms with van der Waals surface area (Å²) in [6.07, 6.45) is 0.132. The van der Waals surface area contributed by atoms with Gasteiger partial charge >= 0.3 is 5.97 Å². The summed E-state index contributed by atoms with van der Waals surface area (Å²) < 4.78 is 10.5. The summed E-state index contributed by atoms with van der Waals surface area (Å²) in [4.78, 5) is 11.1. The number of aliphatic carboxylic acids is 1. The fourth-order valence-corrected chi connectivity index (χ4v) is 1.78. The van der Waals surface area contributed by atoms with Crippen molar-refractivity contribution in [1.82, 2.24) is 0 Å². The molecule has 0 saturated carbocycles. The minimum atomic E-state index is -0.981. The highest BCUT2D eigenvalue weighted by molar-refractivity contribution is 6.30. The predicted molar refractivity (Wildman–Crippen MR) is 69.4 cm³/mol. The molecule has 1 N–H and O–H groups in total. The van der Waals surface area contributed by atoms with E-state index in [0.29, 0.717) is 17.4 Å². The van der Waals surface area contributed by atoms with Gasteiger partial charge in [0.1, 0.15) is 5.75 Å². The summed E-state index contributed by atoms with van der Waals surface area (Å²) in [5, 5.41) is 9.64. The number of carboxylic acids is 1. The van der Waals surface area contributed by atoms with E-state index in [4.69, 9.17) is 26.2 Å². The van der Waals surface area contributed by atoms with Crippen LogP contribution < -0.4 is 4.74 Å². The first-order valence-electron chi connectivity index (χ1n) is 5.75. The number of carbonyl (C=O) groups is 1. The van der Waals surface area contributed by atoms with Gasteiger partial charge in [-0.25, -0.2) is 4.79 Å². The molecule has 0 saturated heterocycles. The fraction of sp³-hybridized carbons (Fsp3) is 0.462. The summed E-state index contributed by atoms with van der Waals surface area (Å²) in [7, 11) is 1.54. The second-order valence-electron chi connectivity index (χ2n) is 3.86. The molecule has 0 aromatic heterocycles. The van der Waals surface area contributed by atoms with Gasteiger partial charge in [-0.15, -0.1) is 0 Å². The summed E-state index contributed by atoms with van der Waals surface area (Å²) in [6, 6.07) is 5.12. The van der Waals surface area contributed by atoms with Gasteiger partial charge in [0.25, 0.3) is 0 Å². The summed E-state index contributed by atoms with van der Waals surface area (Å²) >= 11 is 5.90. The van der Waals surface area contributed by atoms with E-state index in [1.54, 1.807) is 18.2 Å². The Labute approximate surface area is 111 Å². The molecule has 1 atom stereocenters. The maximum Gasteiger partial charge on any atom is 0.333 e. The first kappa shape index (κ1) is 14.8. The number of carboxylic acid groups (broad SMARTS) is 1. The van der Waals surface area contributed by atoms with Crippen LogP contribution in [0.2, 0.25) is 5.02 Å². The lowest BCUT2D eigenvalue weighted by molar-refractivity contribution is -0.150. The van der Waals surface area contributed by atoms with Crippen LogP contribution in [0, 0.1) is 0 Å². The second-order valence-corrected chi connectivity index (χ2v) is 4.29. The van der Waals surface area contributed by atoms with Gasteiger partial charge in [-0.05, 0) is 30.2 Å². The van der Waals surface area contributed by atoms with E-state index in [-0.39, 0.29) is 6.42 Å². The van der Waals surface area contributed by atoms with Crippen LogP contribution in [-0.2, 0) is 16.0 Å². The molecule has 100 valence electrons. The normalized spacial score (nSPS) is 12.2. The minimum absolute atomic E-state index is 0.235. The van der Waals surface area contributed by atoms with E-state index in [9.17, 15) is 4.79 Å². The molecular formula is C13H17ClO4. The molecule has 0 aliphatic carbocycles. The van der Waals surface area contributed by atoms with Crippen molar-refractivity contribution in [2.75, 3.05) is 13.7 Å². The molecule has 0 heterocycles. The Morgan fingerprint density at radius 3 is 2.78 bits per heavy atom. The van der Waals surface area contributed by atoms with Crippen molar-refractivity contribution in [3.8, 4) is 5.75 Å². The molecule has 0 unspecified atom stereocenters. The van der Waals surface area contributed by atoms with E-state index >= 15 is 0 Å². The van der Waals surface area contributed by atoms with Gasteiger partial charge in [-0.3, -0.25) is 0 Å². The second kappa shape index (κ2) is 7.24. The summed E-state index contributed by atoms with van der Waals surface area (Å²) in [6.45, 7) is 2.35. The van der Waals surface area contributed by atoms with Gasteiger partial charge in [-0.2, -0.15) is 0 Å². The van der Waals surface area contributed by atoms with Crippen molar-refractivity contribution >= 4 is 17.6 Å². The lowest BCUT2D eigenvalue weighted by atomic mass is 10.1. The van der Waals surface area contributed by atoms with Gasteiger partial charge in [0.05, 0.1) is 7.11 Å². The lowest BCUT2D eigenvalue weighted by Gasteiger charge is -2.15. The van der Waals surface area contributed by atoms with E-state index in [2.05, 4.69) is 0 Å². The van der Waals surface area contributed by atoms with Crippen molar-refractivity contribution in [3.63, 3.8) is 0 Å². The average molecular weight is 273 g/mol. The Kier molecular flexibility index (Phi) is 5.95. The monoisotopic (exact) mass is 272 g/mol. The Bertz CT molecular complexity index is 406. The number of hydrogen-bond donors (Lipinski definition) is 1. The topological polar surface area (TPSA) is 55.8 Å². The molecule has 1 rings (SSSR count). The van der Waals surface area contributed by atoms with Gasteiger partial charge in [0.15, 0.2) is 6.10 Å². The van der Waals surface area contributed by atoms with Crippen LogP contribution in [0.15, 0.2) is 18.2 Å². The molecule has 5 heteroatoms. The van der Waals surface area contributed by atoms with E-state index < -0.39 is 12.1 Å². The first-order chi connectivity index (χ1) is 8.58. The van der Waals surface area contributed by atoms with Crippen LogP contribution in [0.3, 0.4) is 0 Å². The van der Waals surface area contributed by atoms with Crippen molar-refractivity contribution in [2.45, 2.75) is 25.9 Å². The van der Waals surface area contributed by atoms with E-state index in [1.165, 1.54) is 7.11 Å². The molecule has 0 aliphatic heterocycles. The zero-order chi connectivity index (χ0) is 13.5. The highest BCUT2D eigenvalue weighted by atomic mass is 35.5. The third-order valence-corrected chi connectivity index (χ3v) is 2.68. The van der Waals surface area contributed by atoms with E-state index in [1.807, 2.05) is 6.92 Å². The van der Waals surface area contributed by atoms with Crippen molar-refractivity contribution in [1.29, 1.82) is 0 Å². The molecule has 1 aromatic rings. The van der Waals surface area contributed by atoms with E-state index in [0.717, 1.165) is 12.0 Å². The fourth-order valence-electron chi connectivity index (χ4n) is 1.58. The van der Waals surface area contributed by atoms with Crippen molar-refractivity contribution < 1.29 is 19.4 Å². The largest absolute Gasteiger partial charge is 0.496 e. The molecule has 0 fully saturated rings. The van der Waals surface area contributed by atoms with Crippen LogP contribution >= 0.6 is 11.6 Å². The SMILES string of the molecule is CCCO[C@H](Cc1cc(Cl)ccc1OC)C(=O)O. The Balaban J connectivity index is 2.85. The zero-order valence-corrected chi connectivity index (χ0v) is 11.2. The van der Waals surface area contributed by atoms with Crippen molar-refractivity contribution in [3.05, 3.63) is 28.8 Å². The number of hydrogen-bond acceptors (Lipinski definition) is 3. The highest BCUT2D eigenvalue weighted by Gasteiger charge is 2.20. The smallest absolute Gasteiger partial charge is 0.333 e. The van der Waals surface area contributed by atoms with Crippen LogP contribution in [0.5, 0.6) is 5.75 Å². The number of rotatable bonds is 7. The Morgan fingerprint density at radius 2 is 2.22 bits per heavy atom. The van der Waals surface area contributed by atoms with Crippen LogP contribution in [-0.4, -0.2) is 30.9 Å². The van der Waals surface area contributed by atoms with Crippen molar-refractivity contribution in [2.24, 2.45) is 0 Å². The average Bonchev–Trinajstić information content (AvgIpc) is 2.34. The molecule has 0 radical (unpaired) electrons. The highest BCUT2D eigenvalue weighted by Crippen LogP contribution is 2.24. The molecule has 4 nitrogen and oxygen atoms in total. The Morgan fingerprint density at radius 1 is 1.50 bits per heavy atom. The number of ether oxygens (including phenoxy) is 2. The predicted octanol–water partition coefficient (Wildman–Crippen LogP) is 2.77. The van der Waals surface area contributed by atoms with Gasteiger partial charge in [0.2, 0.25) is 0 Å².